The largest absolute Gasteiger partial charge is 0.491 e. The normalized spacial score (nSPS) is 14.2. The molecule has 114 valence electrons. The van der Waals surface area contributed by atoms with Crippen LogP contribution < -0.4 is 10.1 Å². The van der Waals surface area contributed by atoms with Crippen molar-refractivity contribution < 1.29 is 14.9 Å². The summed E-state index contributed by atoms with van der Waals surface area (Å²) >= 11 is 0. The quantitative estimate of drug-likeness (QED) is 0.612. The molecule has 0 radical (unpaired) electrons. The van der Waals surface area contributed by atoms with Gasteiger partial charge in [0.25, 0.3) is 0 Å². The van der Waals surface area contributed by atoms with E-state index in [1.807, 2.05) is 30.3 Å². The lowest BCUT2D eigenvalue weighted by atomic mass is 9.96. The number of aliphatic hydroxyl groups excluding tert-OH is 2. The molecule has 2 unspecified atom stereocenters. The first-order valence-electron chi connectivity index (χ1n) is 7.42. The summed E-state index contributed by atoms with van der Waals surface area (Å²) in [5, 5.41) is 22.9. The Morgan fingerprint density at radius 2 is 1.70 bits per heavy atom. The van der Waals surface area contributed by atoms with Gasteiger partial charge in [-0.15, -0.1) is 0 Å². The van der Waals surface area contributed by atoms with Crippen molar-refractivity contribution in [2.45, 2.75) is 38.9 Å². The fourth-order valence-electron chi connectivity index (χ4n) is 2.17. The molecule has 0 spiro atoms. The fraction of sp³-hybridized carbons (Fsp3) is 0.625. The highest BCUT2D eigenvalue weighted by molar-refractivity contribution is 5.20. The predicted molar refractivity (Wildman–Crippen MR) is 80.9 cm³/mol. The number of para-hydroxylation sites is 1. The SMILES string of the molecule is CCC(CC)C(O)CNCC(O)COc1ccccc1. The molecule has 1 rings (SSSR count). The molecule has 4 nitrogen and oxygen atoms in total. The zero-order valence-electron chi connectivity index (χ0n) is 12.5. The van der Waals surface area contributed by atoms with Gasteiger partial charge in [0, 0.05) is 13.1 Å². The van der Waals surface area contributed by atoms with Crippen molar-refractivity contribution >= 4 is 0 Å². The minimum absolute atomic E-state index is 0.248. The molecule has 1 aromatic rings. The van der Waals surface area contributed by atoms with Gasteiger partial charge in [0.1, 0.15) is 18.5 Å². The molecular weight excluding hydrogens is 254 g/mol. The molecule has 0 aromatic heterocycles. The van der Waals surface area contributed by atoms with E-state index in [0.29, 0.717) is 19.0 Å². The maximum Gasteiger partial charge on any atom is 0.119 e. The Labute approximate surface area is 121 Å². The lowest BCUT2D eigenvalue weighted by Gasteiger charge is -2.21. The molecule has 1 aromatic carbocycles. The van der Waals surface area contributed by atoms with Crippen molar-refractivity contribution in [3.8, 4) is 5.75 Å². The van der Waals surface area contributed by atoms with Crippen LogP contribution in [0.4, 0.5) is 0 Å². The average molecular weight is 281 g/mol. The minimum atomic E-state index is -0.580. The van der Waals surface area contributed by atoms with Gasteiger partial charge >= 0.3 is 0 Å². The number of benzene rings is 1. The Kier molecular flexibility index (Phi) is 8.26. The first kappa shape index (κ1) is 17.0. The fourth-order valence-corrected chi connectivity index (χ4v) is 2.17. The Morgan fingerprint density at radius 1 is 1.05 bits per heavy atom. The smallest absolute Gasteiger partial charge is 0.119 e. The van der Waals surface area contributed by atoms with Crippen LogP contribution in [0.15, 0.2) is 30.3 Å². The highest BCUT2D eigenvalue weighted by atomic mass is 16.5. The van der Waals surface area contributed by atoms with E-state index in [9.17, 15) is 10.2 Å². The number of ether oxygens (including phenoxy) is 1. The van der Waals surface area contributed by atoms with Gasteiger partial charge in [-0.1, -0.05) is 44.9 Å². The van der Waals surface area contributed by atoms with Crippen LogP contribution in [0.2, 0.25) is 0 Å². The molecule has 0 fully saturated rings. The molecule has 0 heterocycles. The Balaban J connectivity index is 2.15. The number of hydrogen-bond acceptors (Lipinski definition) is 4. The van der Waals surface area contributed by atoms with Gasteiger partial charge in [-0.25, -0.2) is 0 Å². The highest BCUT2D eigenvalue weighted by Gasteiger charge is 2.15. The van der Waals surface area contributed by atoms with Crippen molar-refractivity contribution in [2.24, 2.45) is 5.92 Å². The van der Waals surface area contributed by atoms with E-state index in [0.717, 1.165) is 18.6 Å². The summed E-state index contributed by atoms with van der Waals surface area (Å²) in [4.78, 5) is 0. The second-order valence-corrected chi connectivity index (χ2v) is 5.08. The van der Waals surface area contributed by atoms with Gasteiger partial charge in [-0.05, 0) is 18.1 Å². The van der Waals surface area contributed by atoms with Gasteiger partial charge in [0.05, 0.1) is 6.10 Å². The first-order chi connectivity index (χ1) is 9.67. The Hall–Kier alpha value is -1.10. The van der Waals surface area contributed by atoms with E-state index in [1.165, 1.54) is 0 Å². The van der Waals surface area contributed by atoms with Crippen LogP contribution in [0.1, 0.15) is 26.7 Å². The third-order valence-corrected chi connectivity index (χ3v) is 3.51. The predicted octanol–water partition coefficient (Wildman–Crippen LogP) is 1.81. The maximum atomic E-state index is 9.95. The molecule has 20 heavy (non-hydrogen) atoms. The summed E-state index contributed by atoms with van der Waals surface area (Å²) in [6, 6.07) is 9.43. The molecule has 0 aliphatic heterocycles. The lowest BCUT2D eigenvalue weighted by molar-refractivity contribution is 0.0819. The first-order valence-corrected chi connectivity index (χ1v) is 7.42. The standard InChI is InChI=1S/C16H27NO3/c1-3-13(4-2)16(19)11-17-10-14(18)12-20-15-8-6-5-7-9-15/h5-9,13-14,16-19H,3-4,10-12H2,1-2H3. The lowest BCUT2D eigenvalue weighted by Crippen LogP contribution is -2.38. The molecule has 0 aliphatic rings. The van der Waals surface area contributed by atoms with Gasteiger partial charge in [-0.2, -0.15) is 0 Å². The zero-order valence-corrected chi connectivity index (χ0v) is 12.5. The average Bonchev–Trinajstić information content (AvgIpc) is 2.47. The molecule has 0 aliphatic carbocycles. The topological polar surface area (TPSA) is 61.7 Å². The van der Waals surface area contributed by atoms with Crippen molar-refractivity contribution in [2.75, 3.05) is 19.7 Å². The molecule has 4 heteroatoms. The van der Waals surface area contributed by atoms with Crippen LogP contribution in [-0.4, -0.2) is 42.1 Å². The van der Waals surface area contributed by atoms with Crippen LogP contribution in [0.3, 0.4) is 0 Å². The van der Waals surface area contributed by atoms with Crippen LogP contribution in [0.25, 0.3) is 0 Å². The molecule has 0 amide bonds. The Bertz CT molecular complexity index is 341. The second kappa shape index (κ2) is 9.75. The minimum Gasteiger partial charge on any atom is -0.491 e. The van der Waals surface area contributed by atoms with Crippen LogP contribution in [0, 0.1) is 5.92 Å². The molecular formula is C16H27NO3. The van der Waals surface area contributed by atoms with Crippen LogP contribution in [-0.2, 0) is 0 Å². The van der Waals surface area contributed by atoms with Crippen LogP contribution >= 0.6 is 0 Å². The summed E-state index contributed by atoms with van der Waals surface area (Å²) in [7, 11) is 0. The number of aliphatic hydroxyl groups is 2. The highest BCUT2D eigenvalue weighted by Crippen LogP contribution is 2.12. The molecule has 0 saturated carbocycles. The van der Waals surface area contributed by atoms with Crippen molar-refractivity contribution in [1.82, 2.24) is 5.32 Å². The van der Waals surface area contributed by atoms with E-state index in [-0.39, 0.29) is 12.7 Å². The monoisotopic (exact) mass is 281 g/mol. The second-order valence-electron chi connectivity index (χ2n) is 5.08. The molecule has 0 saturated heterocycles. The van der Waals surface area contributed by atoms with E-state index >= 15 is 0 Å². The third-order valence-electron chi connectivity index (χ3n) is 3.51. The van der Waals surface area contributed by atoms with Gasteiger partial charge < -0.3 is 20.3 Å². The number of hydrogen-bond donors (Lipinski definition) is 3. The van der Waals surface area contributed by atoms with E-state index in [4.69, 9.17) is 4.74 Å². The third kappa shape index (κ3) is 6.37. The summed E-state index contributed by atoms with van der Waals surface area (Å²) < 4.78 is 5.46. The van der Waals surface area contributed by atoms with E-state index in [1.54, 1.807) is 0 Å². The number of rotatable bonds is 10. The van der Waals surface area contributed by atoms with E-state index < -0.39 is 6.10 Å². The summed E-state index contributed by atoms with van der Waals surface area (Å²) in [6.45, 7) is 5.34. The number of nitrogens with one attached hydrogen (secondary N) is 1. The van der Waals surface area contributed by atoms with Gasteiger partial charge in [0.2, 0.25) is 0 Å². The maximum absolute atomic E-state index is 9.95. The zero-order chi connectivity index (χ0) is 14.8. The van der Waals surface area contributed by atoms with Crippen molar-refractivity contribution in [3.05, 3.63) is 30.3 Å². The molecule has 3 N–H and O–H groups in total. The van der Waals surface area contributed by atoms with Crippen molar-refractivity contribution in [3.63, 3.8) is 0 Å². The van der Waals surface area contributed by atoms with Crippen LogP contribution in [0.5, 0.6) is 5.75 Å². The summed E-state index contributed by atoms with van der Waals surface area (Å²) in [6.07, 6.45) is 1.01. The summed E-state index contributed by atoms with van der Waals surface area (Å²) in [5.74, 6) is 1.07. The summed E-state index contributed by atoms with van der Waals surface area (Å²) in [5.41, 5.74) is 0. The molecule has 0 bridgehead atoms. The Morgan fingerprint density at radius 3 is 2.30 bits per heavy atom. The van der Waals surface area contributed by atoms with Gasteiger partial charge in [-0.3, -0.25) is 0 Å². The van der Waals surface area contributed by atoms with Crippen molar-refractivity contribution in [1.29, 1.82) is 0 Å². The molecule has 2 atom stereocenters. The van der Waals surface area contributed by atoms with Gasteiger partial charge in [0.15, 0.2) is 0 Å². The van der Waals surface area contributed by atoms with E-state index in [2.05, 4.69) is 19.2 Å².